The largest absolute Gasteiger partial charge is 0.370 e. The minimum Gasteiger partial charge on any atom is -0.370 e. The smallest absolute Gasteiger partial charge is 0.248 e. The predicted molar refractivity (Wildman–Crippen MR) is 103 cm³/mol. The Hall–Kier alpha value is -1.35. The van der Waals surface area contributed by atoms with Crippen LogP contribution in [0.5, 0.6) is 0 Å². The molecule has 0 aliphatic rings. The summed E-state index contributed by atoms with van der Waals surface area (Å²) in [5.74, 6) is 1.93. The molecule has 1 aromatic heterocycles. The second-order valence-corrected chi connectivity index (χ2v) is 5.77. The Labute approximate surface area is 157 Å². The summed E-state index contributed by atoms with van der Waals surface area (Å²) >= 11 is 5.85. The van der Waals surface area contributed by atoms with Crippen LogP contribution in [0, 0.1) is 5.92 Å². The highest BCUT2D eigenvalue weighted by atomic mass is 127. The SMILES string of the molecule is CC(C)CCNC(N)=NCc1nc(-c2ccc(Cl)cc2)no1.I. The average molecular weight is 450 g/mol. The van der Waals surface area contributed by atoms with Crippen LogP contribution in [0.2, 0.25) is 5.02 Å². The zero-order valence-electron chi connectivity index (χ0n) is 13.1. The van der Waals surface area contributed by atoms with Gasteiger partial charge in [0.25, 0.3) is 0 Å². The number of nitrogens with two attached hydrogens (primary N) is 1. The molecule has 2 rings (SSSR count). The van der Waals surface area contributed by atoms with Gasteiger partial charge in [-0.25, -0.2) is 4.99 Å². The summed E-state index contributed by atoms with van der Waals surface area (Å²) in [6.45, 7) is 5.37. The third-order valence-electron chi connectivity index (χ3n) is 2.98. The summed E-state index contributed by atoms with van der Waals surface area (Å²) in [5, 5.41) is 7.64. The summed E-state index contributed by atoms with van der Waals surface area (Å²) in [6, 6.07) is 7.23. The van der Waals surface area contributed by atoms with Crippen LogP contribution in [0.4, 0.5) is 0 Å². The fourth-order valence-electron chi connectivity index (χ4n) is 1.73. The van der Waals surface area contributed by atoms with Gasteiger partial charge in [0.2, 0.25) is 11.7 Å². The number of hydrogen-bond acceptors (Lipinski definition) is 4. The van der Waals surface area contributed by atoms with E-state index in [0.29, 0.717) is 28.6 Å². The van der Waals surface area contributed by atoms with Crippen molar-refractivity contribution in [2.24, 2.45) is 16.6 Å². The van der Waals surface area contributed by atoms with Crippen molar-refractivity contribution in [2.45, 2.75) is 26.8 Å². The molecule has 0 fully saturated rings. The zero-order valence-corrected chi connectivity index (χ0v) is 16.2. The van der Waals surface area contributed by atoms with E-state index in [-0.39, 0.29) is 30.5 Å². The van der Waals surface area contributed by atoms with E-state index in [4.69, 9.17) is 21.9 Å². The van der Waals surface area contributed by atoms with Gasteiger partial charge < -0.3 is 15.6 Å². The van der Waals surface area contributed by atoms with E-state index in [0.717, 1.165) is 18.5 Å². The summed E-state index contributed by atoms with van der Waals surface area (Å²) in [4.78, 5) is 8.46. The van der Waals surface area contributed by atoms with E-state index >= 15 is 0 Å². The molecule has 6 nitrogen and oxygen atoms in total. The molecule has 0 amide bonds. The monoisotopic (exact) mass is 449 g/mol. The van der Waals surface area contributed by atoms with Gasteiger partial charge in [-0.15, -0.1) is 24.0 Å². The minimum absolute atomic E-state index is 0. The van der Waals surface area contributed by atoms with Gasteiger partial charge in [0, 0.05) is 17.1 Å². The lowest BCUT2D eigenvalue weighted by Crippen LogP contribution is -2.32. The highest BCUT2D eigenvalue weighted by molar-refractivity contribution is 14.0. The van der Waals surface area contributed by atoms with E-state index in [1.807, 2.05) is 12.1 Å². The van der Waals surface area contributed by atoms with Gasteiger partial charge in [0.05, 0.1) is 0 Å². The topological polar surface area (TPSA) is 89.3 Å². The summed E-state index contributed by atoms with van der Waals surface area (Å²) in [6.07, 6.45) is 1.04. The standard InChI is InChI=1S/C15H20ClN5O.HI/c1-10(2)7-8-18-15(17)19-9-13-20-14(21-22-13)11-3-5-12(16)6-4-11;/h3-6,10H,7-9H2,1-2H3,(H3,17,18,19);1H. The molecule has 1 heterocycles. The molecular weight excluding hydrogens is 429 g/mol. The molecule has 0 saturated carbocycles. The van der Waals surface area contributed by atoms with Crippen molar-refractivity contribution in [1.82, 2.24) is 15.5 Å². The van der Waals surface area contributed by atoms with Crippen LogP contribution in [0.15, 0.2) is 33.8 Å². The molecule has 0 spiro atoms. The highest BCUT2D eigenvalue weighted by Gasteiger charge is 2.08. The second kappa shape index (κ2) is 9.71. The molecular formula is C15H21ClIN5O. The van der Waals surface area contributed by atoms with Crippen molar-refractivity contribution in [3.8, 4) is 11.4 Å². The van der Waals surface area contributed by atoms with E-state index in [1.54, 1.807) is 12.1 Å². The Morgan fingerprint density at radius 1 is 1.35 bits per heavy atom. The quantitative estimate of drug-likeness (QED) is 0.400. The van der Waals surface area contributed by atoms with Crippen molar-refractivity contribution in [3.63, 3.8) is 0 Å². The molecule has 2 aromatic rings. The maximum Gasteiger partial charge on any atom is 0.248 e. The maximum atomic E-state index is 5.85. The summed E-state index contributed by atoms with van der Waals surface area (Å²) < 4.78 is 5.16. The Morgan fingerprint density at radius 2 is 2.04 bits per heavy atom. The van der Waals surface area contributed by atoms with E-state index in [1.165, 1.54) is 0 Å². The molecule has 23 heavy (non-hydrogen) atoms. The lowest BCUT2D eigenvalue weighted by molar-refractivity contribution is 0.381. The Bertz CT molecular complexity index is 627. The van der Waals surface area contributed by atoms with Crippen LogP contribution in [0.25, 0.3) is 11.4 Å². The number of rotatable bonds is 6. The van der Waals surface area contributed by atoms with Crippen molar-refractivity contribution in [3.05, 3.63) is 35.2 Å². The number of nitrogens with one attached hydrogen (secondary N) is 1. The molecule has 0 radical (unpaired) electrons. The number of guanidine groups is 1. The van der Waals surface area contributed by atoms with Gasteiger partial charge in [-0.3, -0.25) is 0 Å². The maximum absolute atomic E-state index is 5.85. The molecule has 8 heteroatoms. The Balaban J connectivity index is 0.00000264. The van der Waals surface area contributed by atoms with Gasteiger partial charge in [0.15, 0.2) is 5.96 Å². The molecule has 0 aliphatic heterocycles. The first-order chi connectivity index (χ1) is 10.5. The highest BCUT2D eigenvalue weighted by Crippen LogP contribution is 2.18. The first-order valence-corrected chi connectivity index (χ1v) is 7.54. The van der Waals surface area contributed by atoms with Crippen LogP contribution in [0.1, 0.15) is 26.2 Å². The number of nitrogens with zero attached hydrogens (tertiary/aromatic N) is 3. The minimum atomic E-state index is 0. The predicted octanol–water partition coefficient (Wildman–Crippen LogP) is 3.46. The van der Waals surface area contributed by atoms with Crippen LogP contribution in [-0.2, 0) is 6.54 Å². The fourth-order valence-corrected chi connectivity index (χ4v) is 1.86. The molecule has 3 N–H and O–H groups in total. The number of benzene rings is 1. The third-order valence-corrected chi connectivity index (χ3v) is 3.23. The lowest BCUT2D eigenvalue weighted by atomic mass is 10.1. The van der Waals surface area contributed by atoms with Gasteiger partial charge in [-0.1, -0.05) is 30.6 Å². The Kier molecular flexibility index (Phi) is 8.32. The fraction of sp³-hybridized carbons (Fsp3) is 0.400. The number of hydrogen-bond donors (Lipinski definition) is 2. The van der Waals surface area contributed by atoms with Crippen molar-refractivity contribution < 1.29 is 4.52 Å². The van der Waals surface area contributed by atoms with Gasteiger partial charge in [-0.05, 0) is 36.6 Å². The molecule has 0 aliphatic carbocycles. The first-order valence-electron chi connectivity index (χ1n) is 7.17. The zero-order chi connectivity index (χ0) is 15.9. The first kappa shape index (κ1) is 19.7. The van der Waals surface area contributed by atoms with Gasteiger partial charge in [-0.2, -0.15) is 4.98 Å². The van der Waals surface area contributed by atoms with Crippen LogP contribution in [0.3, 0.4) is 0 Å². The van der Waals surface area contributed by atoms with Crippen molar-refractivity contribution >= 4 is 41.5 Å². The average Bonchev–Trinajstić information content (AvgIpc) is 2.94. The molecule has 1 aromatic carbocycles. The number of halogens is 2. The van der Waals surface area contributed by atoms with Crippen LogP contribution < -0.4 is 11.1 Å². The van der Waals surface area contributed by atoms with Gasteiger partial charge >= 0.3 is 0 Å². The summed E-state index contributed by atoms with van der Waals surface area (Å²) in [7, 11) is 0. The molecule has 126 valence electrons. The van der Waals surface area contributed by atoms with E-state index in [9.17, 15) is 0 Å². The molecule has 0 unspecified atom stereocenters. The van der Waals surface area contributed by atoms with E-state index < -0.39 is 0 Å². The second-order valence-electron chi connectivity index (χ2n) is 5.33. The van der Waals surface area contributed by atoms with Gasteiger partial charge in [0.1, 0.15) is 6.54 Å². The molecule has 0 bridgehead atoms. The van der Waals surface area contributed by atoms with Crippen LogP contribution in [-0.4, -0.2) is 22.6 Å². The Morgan fingerprint density at radius 3 is 2.70 bits per heavy atom. The number of aromatic nitrogens is 2. The normalized spacial score (nSPS) is 11.4. The molecule has 0 atom stereocenters. The van der Waals surface area contributed by atoms with Crippen LogP contribution >= 0.6 is 35.6 Å². The van der Waals surface area contributed by atoms with Crippen molar-refractivity contribution in [2.75, 3.05) is 6.54 Å². The lowest BCUT2D eigenvalue weighted by Gasteiger charge is -2.06. The number of aliphatic imine (C=N–C) groups is 1. The molecule has 0 saturated heterocycles. The van der Waals surface area contributed by atoms with E-state index in [2.05, 4.69) is 34.3 Å². The summed E-state index contributed by atoms with van der Waals surface area (Å²) in [5.41, 5.74) is 6.62. The third kappa shape index (κ3) is 6.74. The van der Waals surface area contributed by atoms with Crippen molar-refractivity contribution in [1.29, 1.82) is 0 Å².